The number of nitrogens with one attached hydrogen (secondary N) is 1. The summed E-state index contributed by atoms with van der Waals surface area (Å²) in [4.78, 5) is 12.1. The molecule has 0 saturated carbocycles. The molecular weight excluding hydrogens is 278 g/mol. The molecule has 1 fully saturated rings. The van der Waals surface area contributed by atoms with Crippen LogP contribution in [0.15, 0.2) is 24.3 Å². The lowest BCUT2D eigenvalue weighted by atomic mass is 10.00. The van der Waals surface area contributed by atoms with E-state index in [1.807, 2.05) is 0 Å². The smallest absolute Gasteiger partial charge is 0.342 e. The second-order valence-electron chi connectivity index (χ2n) is 4.88. The topological polar surface area (TPSA) is 108 Å². The van der Waals surface area contributed by atoms with E-state index in [1.165, 1.54) is 6.92 Å². The Balaban J connectivity index is 2.12. The molecule has 2 rings (SSSR count). The first-order valence-electron chi connectivity index (χ1n) is 6.63. The first-order valence-corrected chi connectivity index (χ1v) is 6.63. The summed E-state index contributed by atoms with van der Waals surface area (Å²) in [6.07, 6.45) is -6.29. The molecule has 0 amide bonds. The molecule has 1 aliphatic heterocycles. The van der Waals surface area contributed by atoms with Gasteiger partial charge in [0, 0.05) is 12.7 Å². The molecule has 1 aliphatic rings. The van der Waals surface area contributed by atoms with Crippen LogP contribution < -0.4 is 5.32 Å². The fraction of sp³-hybridized carbons (Fsp3) is 0.500. The zero-order valence-corrected chi connectivity index (χ0v) is 11.8. The minimum Gasteiger partial charge on any atom is -0.429 e. The van der Waals surface area contributed by atoms with E-state index in [2.05, 4.69) is 5.32 Å². The first-order chi connectivity index (χ1) is 9.95. The van der Waals surface area contributed by atoms with Crippen LogP contribution in [0, 0.1) is 0 Å². The molecule has 7 heteroatoms. The quantitative estimate of drug-likeness (QED) is 0.568. The van der Waals surface area contributed by atoms with Gasteiger partial charge in [0.15, 0.2) is 0 Å². The van der Waals surface area contributed by atoms with E-state index in [4.69, 9.17) is 9.47 Å². The van der Waals surface area contributed by atoms with Crippen molar-refractivity contribution in [1.29, 1.82) is 0 Å². The van der Waals surface area contributed by atoms with E-state index in [-0.39, 0.29) is 5.56 Å². The van der Waals surface area contributed by atoms with Crippen molar-refractivity contribution in [2.45, 2.75) is 37.6 Å². The largest absolute Gasteiger partial charge is 0.429 e. The highest BCUT2D eigenvalue weighted by Gasteiger charge is 2.43. The fourth-order valence-electron chi connectivity index (χ4n) is 2.16. The highest BCUT2D eigenvalue weighted by molar-refractivity contribution is 5.95. The summed E-state index contributed by atoms with van der Waals surface area (Å²) >= 11 is 0. The second-order valence-corrected chi connectivity index (χ2v) is 4.88. The third-order valence-electron chi connectivity index (χ3n) is 3.45. The van der Waals surface area contributed by atoms with Gasteiger partial charge in [-0.15, -0.1) is 0 Å². The summed E-state index contributed by atoms with van der Waals surface area (Å²) in [5.41, 5.74) is 0.852. The summed E-state index contributed by atoms with van der Waals surface area (Å²) in [7, 11) is 1.67. The Hall–Kier alpha value is -1.67. The van der Waals surface area contributed by atoms with Crippen LogP contribution in [-0.2, 0) is 9.47 Å². The lowest BCUT2D eigenvalue weighted by Gasteiger charge is -2.38. The number of esters is 1. The standard InChI is InChI=1S/C14H19NO6/c1-7-10(16)11(17)12(18)14(20-7)21-13(19)8-5-3-4-6-9(8)15-2/h3-7,10-12,14-18H,1-2H3/t7-,10+,11+,12-,14+/m1/s1. The van der Waals surface area contributed by atoms with E-state index < -0.39 is 36.7 Å². The Bertz CT molecular complexity index is 508. The third kappa shape index (κ3) is 3.16. The lowest BCUT2D eigenvalue weighted by molar-refractivity contribution is -0.276. The minimum atomic E-state index is -1.51. The van der Waals surface area contributed by atoms with Gasteiger partial charge in [0.25, 0.3) is 0 Å². The lowest BCUT2D eigenvalue weighted by Crippen LogP contribution is -2.57. The molecule has 0 aliphatic carbocycles. The van der Waals surface area contributed by atoms with Crippen LogP contribution in [0.4, 0.5) is 5.69 Å². The molecule has 0 aromatic heterocycles. The Morgan fingerprint density at radius 1 is 1.19 bits per heavy atom. The third-order valence-corrected chi connectivity index (χ3v) is 3.45. The van der Waals surface area contributed by atoms with Crippen LogP contribution >= 0.6 is 0 Å². The van der Waals surface area contributed by atoms with Gasteiger partial charge in [-0.25, -0.2) is 4.79 Å². The van der Waals surface area contributed by atoms with Gasteiger partial charge in [-0.2, -0.15) is 0 Å². The number of hydrogen-bond acceptors (Lipinski definition) is 7. The Labute approximate surface area is 122 Å². The number of ether oxygens (including phenoxy) is 2. The van der Waals surface area contributed by atoms with Crippen molar-refractivity contribution in [2.75, 3.05) is 12.4 Å². The molecule has 1 heterocycles. The Morgan fingerprint density at radius 3 is 2.52 bits per heavy atom. The van der Waals surface area contributed by atoms with Crippen LogP contribution in [0.25, 0.3) is 0 Å². The number of aliphatic hydroxyl groups excluding tert-OH is 3. The van der Waals surface area contributed by atoms with Gasteiger partial charge in [0.1, 0.15) is 18.3 Å². The van der Waals surface area contributed by atoms with Gasteiger partial charge < -0.3 is 30.1 Å². The number of hydrogen-bond donors (Lipinski definition) is 4. The zero-order chi connectivity index (χ0) is 15.6. The molecular formula is C14H19NO6. The van der Waals surface area contributed by atoms with Crippen molar-refractivity contribution >= 4 is 11.7 Å². The van der Waals surface area contributed by atoms with Crippen molar-refractivity contribution in [2.24, 2.45) is 0 Å². The maximum Gasteiger partial charge on any atom is 0.342 e. The molecule has 7 nitrogen and oxygen atoms in total. The van der Waals surface area contributed by atoms with Crippen molar-refractivity contribution in [3.8, 4) is 0 Å². The number of para-hydroxylation sites is 1. The molecule has 0 radical (unpaired) electrons. The van der Waals surface area contributed by atoms with Crippen molar-refractivity contribution in [1.82, 2.24) is 0 Å². The van der Waals surface area contributed by atoms with Gasteiger partial charge >= 0.3 is 5.97 Å². The number of rotatable bonds is 3. The van der Waals surface area contributed by atoms with E-state index in [0.29, 0.717) is 5.69 Å². The number of benzene rings is 1. The molecule has 21 heavy (non-hydrogen) atoms. The van der Waals surface area contributed by atoms with E-state index >= 15 is 0 Å². The average Bonchev–Trinajstić information content (AvgIpc) is 2.50. The van der Waals surface area contributed by atoms with E-state index in [0.717, 1.165) is 0 Å². The predicted octanol–water partition coefficient (Wildman–Crippen LogP) is -0.287. The van der Waals surface area contributed by atoms with Gasteiger partial charge in [0.05, 0.1) is 11.7 Å². The summed E-state index contributed by atoms with van der Waals surface area (Å²) in [6.45, 7) is 1.52. The number of carbonyl (C=O) groups excluding carboxylic acids is 1. The summed E-state index contributed by atoms with van der Waals surface area (Å²) in [6, 6.07) is 6.71. The second kappa shape index (κ2) is 6.40. The van der Waals surface area contributed by atoms with E-state index in [1.54, 1.807) is 31.3 Å². The van der Waals surface area contributed by atoms with Crippen LogP contribution in [-0.4, -0.2) is 59.0 Å². The fourth-order valence-corrected chi connectivity index (χ4v) is 2.16. The monoisotopic (exact) mass is 297 g/mol. The molecule has 5 atom stereocenters. The highest BCUT2D eigenvalue weighted by Crippen LogP contribution is 2.24. The molecule has 0 bridgehead atoms. The van der Waals surface area contributed by atoms with Crippen molar-refractivity contribution in [3.63, 3.8) is 0 Å². The maximum atomic E-state index is 12.1. The number of carbonyl (C=O) groups is 1. The normalized spacial score (nSPS) is 32.5. The molecule has 116 valence electrons. The van der Waals surface area contributed by atoms with Crippen LogP contribution in [0.3, 0.4) is 0 Å². The highest BCUT2D eigenvalue weighted by atomic mass is 16.7. The molecule has 1 saturated heterocycles. The summed E-state index contributed by atoms with van der Waals surface area (Å²) in [5, 5.41) is 31.9. The van der Waals surface area contributed by atoms with Crippen molar-refractivity contribution in [3.05, 3.63) is 29.8 Å². The van der Waals surface area contributed by atoms with Crippen LogP contribution in [0.1, 0.15) is 17.3 Å². The number of anilines is 1. The zero-order valence-electron chi connectivity index (χ0n) is 11.8. The SMILES string of the molecule is CNc1ccccc1C(=O)O[C@@H]1O[C@H](C)[C@H](O)[C@H](O)[C@H]1O. The molecule has 1 aromatic rings. The summed E-state index contributed by atoms with van der Waals surface area (Å²) < 4.78 is 10.3. The summed E-state index contributed by atoms with van der Waals surface area (Å²) in [5.74, 6) is -0.695. The molecule has 0 spiro atoms. The molecule has 4 N–H and O–H groups in total. The van der Waals surface area contributed by atoms with Gasteiger partial charge in [-0.1, -0.05) is 12.1 Å². The minimum absolute atomic E-state index is 0.282. The average molecular weight is 297 g/mol. The first kappa shape index (κ1) is 15.7. The van der Waals surface area contributed by atoms with Crippen LogP contribution in [0.2, 0.25) is 0 Å². The van der Waals surface area contributed by atoms with Crippen LogP contribution in [0.5, 0.6) is 0 Å². The Kier molecular flexibility index (Phi) is 4.79. The van der Waals surface area contributed by atoms with E-state index in [9.17, 15) is 20.1 Å². The molecule has 0 unspecified atom stereocenters. The maximum absolute atomic E-state index is 12.1. The van der Waals surface area contributed by atoms with Gasteiger partial charge in [-0.3, -0.25) is 0 Å². The Morgan fingerprint density at radius 2 is 1.86 bits per heavy atom. The molecule has 1 aromatic carbocycles. The van der Waals surface area contributed by atoms with Crippen molar-refractivity contribution < 1.29 is 29.6 Å². The predicted molar refractivity (Wildman–Crippen MR) is 73.8 cm³/mol. The number of aliphatic hydroxyl groups is 3. The van der Waals surface area contributed by atoms with Gasteiger partial charge in [0.2, 0.25) is 6.29 Å². The van der Waals surface area contributed by atoms with Gasteiger partial charge in [-0.05, 0) is 19.1 Å².